The van der Waals surface area contributed by atoms with Gasteiger partial charge in [-0.1, -0.05) is 0 Å². The quantitative estimate of drug-likeness (QED) is 0.772. The summed E-state index contributed by atoms with van der Waals surface area (Å²) in [5, 5.41) is 0. The van der Waals surface area contributed by atoms with Crippen molar-refractivity contribution in [3.63, 3.8) is 0 Å². The molecule has 1 aliphatic heterocycles. The molecule has 0 unspecified atom stereocenters. The van der Waals surface area contributed by atoms with Crippen LogP contribution in [0, 0.1) is 0 Å². The molecule has 1 aromatic rings. The molecule has 0 radical (unpaired) electrons. The van der Waals surface area contributed by atoms with Crippen molar-refractivity contribution >= 4 is 21.6 Å². The number of hydrogen-bond acceptors (Lipinski definition) is 5. The standard InChI is InChI=1S/C10H12N2O4S/c1-16-5-4-12-10(13)8-6-7(11)2-3-9(8)17(12,14)15/h2-3,6H,4-5,11H2,1H3. The van der Waals surface area contributed by atoms with Crippen molar-refractivity contribution in [2.45, 2.75) is 4.90 Å². The lowest BCUT2D eigenvalue weighted by molar-refractivity contribution is 0.0837. The summed E-state index contributed by atoms with van der Waals surface area (Å²) in [6.07, 6.45) is 0. The maximum absolute atomic E-state index is 12.0. The highest BCUT2D eigenvalue weighted by Gasteiger charge is 2.40. The molecule has 0 atom stereocenters. The normalized spacial score (nSPS) is 17.2. The van der Waals surface area contributed by atoms with Gasteiger partial charge in [0.2, 0.25) is 0 Å². The van der Waals surface area contributed by atoms with Crippen LogP contribution < -0.4 is 5.73 Å². The Balaban J connectivity index is 2.49. The maximum atomic E-state index is 12.0. The molecule has 2 N–H and O–H groups in total. The molecule has 1 aliphatic rings. The first kappa shape index (κ1) is 11.9. The third-order valence-electron chi connectivity index (χ3n) is 2.53. The zero-order valence-corrected chi connectivity index (χ0v) is 10.0. The van der Waals surface area contributed by atoms with Crippen molar-refractivity contribution in [2.75, 3.05) is 26.0 Å². The van der Waals surface area contributed by atoms with Crippen molar-refractivity contribution in [3.8, 4) is 0 Å². The van der Waals surface area contributed by atoms with Crippen molar-refractivity contribution < 1.29 is 17.9 Å². The SMILES string of the molecule is COCCN1C(=O)c2cc(N)ccc2S1(=O)=O. The van der Waals surface area contributed by atoms with Gasteiger partial charge in [-0.05, 0) is 18.2 Å². The molecule has 0 saturated carbocycles. The fourth-order valence-corrected chi connectivity index (χ4v) is 3.23. The predicted octanol–water partition coefficient (Wildman–Crippen LogP) is 0.0597. The summed E-state index contributed by atoms with van der Waals surface area (Å²) in [5.41, 5.74) is 6.02. The first-order valence-corrected chi connectivity index (χ1v) is 6.38. The number of nitrogens with two attached hydrogens (primary N) is 1. The molecule has 0 aromatic heterocycles. The number of amides is 1. The van der Waals surface area contributed by atoms with Crippen LogP contribution in [-0.4, -0.2) is 38.9 Å². The van der Waals surface area contributed by atoms with Crippen LogP contribution in [0.25, 0.3) is 0 Å². The zero-order valence-electron chi connectivity index (χ0n) is 9.21. The number of nitrogen functional groups attached to an aromatic ring is 1. The molecule has 0 bridgehead atoms. The number of benzene rings is 1. The van der Waals surface area contributed by atoms with E-state index in [2.05, 4.69) is 0 Å². The minimum Gasteiger partial charge on any atom is -0.399 e. The highest BCUT2D eigenvalue weighted by molar-refractivity contribution is 7.90. The van der Waals surface area contributed by atoms with Crippen LogP contribution in [0.5, 0.6) is 0 Å². The molecule has 1 amide bonds. The smallest absolute Gasteiger partial charge is 0.269 e. The largest absolute Gasteiger partial charge is 0.399 e. The van der Waals surface area contributed by atoms with Crippen LogP contribution in [0.4, 0.5) is 5.69 Å². The zero-order chi connectivity index (χ0) is 12.6. The maximum Gasteiger partial charge on any atom is 0.269 e. The highest BCUT2D eigenvalue weighted by Crippen LogP contribution is 2.31. The molecule has 0 aliphatic carbocycles. The van der Waals surface area contributed by atoms with E-state index >= 15 is 0 Å². The number of hydrogen-bond donors (Lipinski definition) is 1. The Bertz CT molecular complexity index is 568. The van der Waals surface area contributed by atoms with E-state index < -0.39 is 15.9 Å². The fraction of sp³-hybridized carbons (Fsp3) is 0.300. The van der Waals surface area contributed by atoms with Gasteiger partial charge in [-0.15, -0.1) is 0 Å². The fourth-order valence-electron chi connectivity index (χ4n) is 1.70. The predicted molar refractivity (Wildman–Crippen MR) is 61.0 cm³/mol. The molecular formula is C10H12N2O4S. The van der Waals surface area contributed by atoms with Gasteiger partial charge in [-0.25, -0.2) is 12.7 Å². The second-order valence-corrected chi connectivity index (χ2v) is 5.46. The minimum absolute atomic E-state index is 0.00620. The molecule has 0 fully saturated rings. The summed E-state index contributed by atoms with van der Waals surface area (Å²) in [5.74, 6) is -0.552. The van der Waals surface area contributed by atoms with Crippen LogP contribution >= 0.6 is 0 Å². The summed E-state index contributed by atoms with van der Waals surface area (Å²) >= 11 is 0. The molecule has 6 nitrogen and oxygen atoms in total. The summed E-state index contributed by atoms with van der Waals surface area (Å²) in [6, 6.07) is 4.19. The van der Waals surface area contributed by atoms with Gasteiger partial charge in [0, 0.05) is 12.8 Å². The number of carbonyl (C=O) groups excluding carboxylic acids is 1. The number of fused-ring (bicyclic) bond motifs is 1. The number of methoxy groups -OCH3 is 1. The van der Waals surface area contributed by atoms with E-state index in [1.54, 1.807) is 0 Å². The van der Waals surface area contributed by atoms with Gasteiger partial charge in [-0.3, -0.25) is 4.79 Å². The van der Waals surface area contributed by atoms with E-state index in [1.807, 2.05) is 0 Å². The van der Waals surface area contributed by atoms with Crippen LogP contribution in [-0.2, 0) is 14.8 Å². The third kappa shape index (κ3) is 1.77. The molecular weight excluding hydrogens is 244 g/mol. The number of rotatable bonds is 3. The lowest BCUT2D eigenvalue weighted by Gasteiger charge is -2.13. The molecule has 0 saturated heterocycles. The van der Waals surface area contributed by atoms with Crippen molar-refractivity contribution in [2.24, 2.45) is 0 Å². The second kappa shape index (κ2) is 4.01. The summed E-state index contributed by atoms with van der Waals surface area (Å²) in [4.78, 5) is 11.9. The van der Waals surface area contributed by atoms with Gasteiger partial charge in [0.15, 0.2) is 0 Å². The number of ether oxygens (including phenoxy) is 1. The van der Waals surface area contributed by atoms with Gasteiger partial charge in [0.1, 0.15) is 4.90 Å². The number of anilines is 1. The lowest BCUT2D eigenvalue weighted by Crippen LogP contribution is -2.32. The molecule has 2 rings (SSSR count). The molecule has 17 heavy (non-hydrogen) atoms. The summed E-state index contributed by atoms with van der Waals surface area (Å²) < 4.78 is 29.6. The Hall–Kier alpha value is -1.60. The Kier molecular flexibility index (Phi) is 2.80. The minimum atomic E-state index is -3.74. The Morgan fingerprint density at radius 3 is 2.76 bits per heavy atom. The van der Waals surface area contributed by atoms with Gasteiger partial charge >= 0.3 is 0 Å². The van der Waals surface area contributed by atoms with E-state index in [4.69, 9.17) is 10.5 Å². The molecule has 0 spiro atoms. The number of sulfonamides is 1. The summed E-state index contributed by atoms with van der Waals surface area (Å²) in [7, 11) is -2.29. The first-order valence-electron chi connectivity index (χ1n) is 4.94. The average Bonchev–Trinajstić information content (AvgIpc) is 2.45. The van der Waals surface area contributed by atoms with Crippen LogP contribution in [0.15, 0.2) is 23.1 Å². The van der Waals surface area contributed by atoms with E-state index in [0.717, 1.165) is 4.31 Å². The van der Waals surface area contributed by atoms with Gasteiger partial charge < -0.3 is 10.5 Å². The lowest BCUT2D eigenvalue weighted by atomic mass is 10.2. The van der Waals surface area contributed by atoms with Crippen LogP contribution in [0.2, 0.25) is 0 Å². The van der Waals surface area contributed by atoms with E-state index in [1.165, 1.54) is 25.3 Å². The molecule has 92 valence electrons. The van der Waals surface area contributed by atoms with Crippen molar-refractivity contribution in [3.05, 3.63) is 23.8 Å². The van der Waals surface area contributed by atoms with Gasteiger partial charge in [0.05, 0.1) is 18.7 Å². The van der Waals surface area contributed by atoms with Gasteiger partial charge in [0.25, 0.3) is 15.9 Å². The first-order chi connectivity index (χ1) is 7.98. The number of carbonyl (C=O) groups is 1. The van der Waals surface area contributed by atoms with Crippen LogP contribution in [0.3, 0.4) is 0 Å². The average molecular weight is 256 g/mol. The monoisotopic (exact) mass is 256 g/mol. The van der Waals surface area contributed by atoms with E-state index in [9.17, 15) is 13.2 Å². The number of nitrogens with zero attached hydrogens (tertiary/aromatic N) is 1. The van der Waals surface area contributed by atoms with Crippen molar-refractivity contribution in [1.82, 2.24) is 4.31 Å². The molecule has 1 aromatic carbocycles. The third-order valence-corrected chi connectivity index (χ3v) is 4.37. The van der Waals surface area contributed by atoms with E-state index in [-0.39, 0.29) is 23.6 Å². The second-order valence-electron chi connectivity index (χ2n) is 3.63. The molecule has 7 heteroatoms. The summed E-state index contributed by atoms with van der Waals surface area (Å²) in [6.45, 7) is 0.167. The van der Waals surface area contributed by atoms with Crippen molar-refractivity contribution in [1.29, 1.82) is 0 Å². The Morgan fingerprint density at radius 1 is 1.41 bits per heavy atom. The highest BCUT2D eigenvalue weighted by atomic mass is 32.2. The Labute approximate surface area is 99.0 Å². The van der Waals surface area contributed by atoms with Gasteiger partial charge in [-0.2, -0.15) is 0 Å². The van der Waals surface area contributed by atoms with E-state index in [0.29, 0.717) is 5.69 Å². The Morgan fingerprint density at radius 2 is 2.12 bits per heavy atom. The topological polar surface area (TPSA) is 89.7 Å². The van der Waals surface area contributed by atoms with Crippen LogP contribution in [0.1, 0.15) is 10.4 Å². The molecule has 1 heterocycles.